The van der Waals surface area contributed by atoms with E-state index in [1.807, 2.05) is 0 Å². The summed E-state index contributed by atoms with van der Waals surface area (Å²) < 4.78 is 26.7. The van der Waals surface area contributed by atoms with E-state index in [2.05, 4.69) is 0 Å². The number of hydrogen-bond acceptors (Lipinski definition) is 2. The first-order valence-corrected chi connectivity index (χ1v) is 4.56. The fraction of sp³-hybridized carbons (Fsp3) is 0.364. The van der Waals surface area contributed by atoms with Crippen molar-refractivity contribution in [1.82, 2.24) is 4.90 Å². The Hall–Kier alpha value is -1.29. The van der Waals surface area contributed by atoms with Crippen LogP contribution in [0.3, 0.4) is 0 Å². The SMILES string of the molecule is Cc1ccc(F)c(C(=O)CN(C)C)c1F. The quantitative estimate of drug-likeness (QED) is 0.716. The Kier molecular flexibility index (Phi) is 3.52. The first kappa shape index (κ1) is 11.8. The van der Waals surface area contributed by atoms with Gasteiger partial charge in [0.05, 0.1) is 12.1 Å². The highest BCUT2D eigenvalue weighted by molar-refractivity contribution is 5.98. The van der Waals surface area contributed by atoms with E-state index in [0.29, 0.717) is 0 Å². The zero-order valence-corrected chi connectivity index (χ0v) is 8.97. The number of aryl methyl sites for hydroxylation is 1. The highest BCUT2D eigenvalue weighted by Crippen LogP contribution is 2.16. The van der Waals surface area contributed by atoms with Crippen LogP contribution in [0, 0.1) is 18.6 Å². The Labute approximate surface area is 87.5 Å². The standard InChI is InChI=1S/C11H13F2NO/c1-7-4-5-8(12)10(11(7)13)9(15)6-14(2)3/h4-5H,6H2,1-3H3. The predicted molar refractivity (Wildman–Crippen MR) is 54.0 cm³/mol. The lowest BCUT2D eigenvalue weighted by Crippen LogP contribution is -2.23. The van der Waals surface area contributed by atoms with Crippen molar-refractivity contribution in [3.05, 3.63) is 34.9 Å². The van der Waals surface area contributed by atoms with Gasteiger partial charge >= 0.3 is 0 Å². The zero-order chi connectivity index (χ0) is 11.6. The lowest BCUT2D eigenvalue weighted by atomic mass is 10.1. The number of ketones is 1. The molecule has 0 atom stereocenters. The first-order chi connectivity index (χ1) is 6.93. The first-order valence-electron chi connectivity index (χ1n) is 4.56. The number of carbonyl (C=O) groups excluding carboxylic acids is 1. The lowest BCUT2D eigenvalue weighted by Gasteiger charge is -2.10. The van der Waals surface area contributed by atoms with Crippen LogP contribution in [-0.2, 0) is 0 Å². The van der Waals surface area contributed by atoms with Crippen molar-refractivity contribution in [2.45, 2.75) is 6.92 Å². The third-order valence-electron chi connectivity index (χ3n) is 2.02. The second-order valence-corrected chi connectivity index (χ2v) is 3.71. The Morgan fingerprint density at radius 2 is 1.93 bits per heavy atom. The molecule has 2 nitrogen and oxygen atoms in total. The van der Waals surface area contributed by atoms with E-state index in [9.17, 15) is 13.6 Å². The average molecular weight is 213 g/mol. The Morgan fingerprint density at radius 3 is 2.47 bits per heavy atom. The summed E-state index contributed by atoms with van der Waals surface area (Å²) in [5.74, 6) is -2.11. The molecule has 1 aromatic carbocycles. The number of nitrogens with zero attached hydrogens (tertiary/aromatic N) is 1. The van der Waals surface area contributed by atoms with Crippen LogP contribution < -0.4 is 0 Å². The van der Waals surface area contributed by atoms with Gasteiger partial charge in [0.15, 0.2) is 5.78 Å². The van der Waals surface area contributed by atoms with E-state index in [1.54, 1.807) is 19.0 Å². The molecule has 0 bridgehead atoms. The minimum Gasteiger partial charge on any atom is -0.302 e. The van der Waals surface area contributed by atoms with Gasteiger partial charge in [-0.15, -0.1) is 0 Å². The molecule has 0 saturated heterocycles. The van der Waals surface area contributed by atoms with Crippen LogP contribution in [0.15, 0.2) is 12.1 Å². The molecular weight excluding hydrogens is 200 g/mol. The second-order valence-electron chi connectivity index (χ2n) is 3.71. The molecule has 0 radical (unpaired) electrons. The van der Waals surface area contributed by atoms with Crippen LogP contribution in [0.25, 0.3) is 0 Å². The smallest absolute Gasteiger partial charge is 0.182 e. The zero-order valence-electron chi connectivity index (χ0n) is 8.97. The summed E-state index contributed by atoms with van der Waals surface area (Å²) in [6, 6.07) is 2.43. The van der Waals surface area contributed by atoms with Gasteiger partial charge in [0, 0.05) is 0 Å². The van der Waals surface area contributed by atoms with Crippen LogP contribution in [0.2, 0.25) is 0 Å². The number of likely N-dealkylation sites (N-methyl/N-ethyl adjacent to an activating group) is 1. The Bertz CT molecular complexity index is 388. The maximum atomic E-state index is 13.5. The molecule has 0 N–H and O–H groups in total. The number of hydrogen-bond donors (Lipinski definition) is 0. The van der Waals surface area contributed by atoms with Gasteiger partial charge in [0.1, 0.15) is 11.6 Å². The minimum atomic E-state index is -0.801. The maximum absolute atomic E-state index is 13.5. The summed E-state index contributed by atoms with van der Waals surface area (Å²) in [5, 5.41) is 0. The van der Waals surface area contributed by atoms with E-state index in [1.165, 1.54) is 13.0 Å². The largest absolute Gasteiger partial charge is 0.302 e. The van der Waals surface area contributed by atoms with Crippen molar-refractivity contribution in [2.24, 2.45) is 0 Å². The second kappa shape index (κ2) is 4.49. The van der Waals surface area contributed by atoms with Crippen LogP contribution in [0.1, 0.15) is 15.9 Å². The molecule has 0 aliphatic carbocycles. The van der Waals surface area contributed by atoms with Gasteiger partial charge in [-0.05, 0) is 32.6 Å². The molecule has 0 saturated carbocycles. The van der Waals surface area contributed by atoms with Crippen molar-refractivity contribution in [3.8, 4) is 0 Å². The number of halogens is 2. The molecule has 0 spiro atoms. The molecule has 4 heteroatoms. The van der Waals surface area contributed by atoms with E-state index in [0.717, 1.165) is 6.07 Å². The van der Waals surface area contributed by atoms with Crippen molar-refractivity contribution >= 4 is 5.78 Å². The van der Waals surface area contributed by atoms with Crippen molar-refractivity contribution in [2.75, 3.05) is 20.6 Å². The summed E-state index contributed by atoms with van der Waals surface area (Å²) in [7, 11) is 3.34. The highest BCUT2D eigenvalue weighted by Gasteiger charge is 2.19. The van der Waals surface area contributed by atoms with E-state index < -0.39 is 23.0 Å². The Morgan fingerprint density at radius 1 is 1.33 bits per heavy atom. The molecule has 0 aromatic heterocycles. The van der Waals surface area contributed by atoms with Crippen LogP contribution in [0.5, 0.6) is 0 Å². The van der Waals surface area contributed by atoms with E-state index in [4.69, 9.17) is 0 Å². The molecule has 82 valence electrons. The molecular formula is C11H13F2NO. The van der Waals surface area contributed by atoms with Gasteiger partial charge in [-0.1, -0.05) is 6.07 Å². The fourth-order valence-corrected chi connectivity index (χ4v) is 1.28. The highest BCUT2D eigenvalue weighted by atomic mass is 19.1. The molecule has 1 rings (SSSR count). The number of carbonyl (C=O) groups is 1. The molecule has 0 fully saturated rings. The van der Waals surface area contributed by atoms with Crippen LogP contribution in [-0.4, -0.2) is 31.3 Å². The molecule has 0 amide bonds. The van der Waals surface area contributed by atoms with Crippen molar-refractivity contribution in [3.63, 3.8) is 0 Å². The predicted octanol–water partition coefficient (Wildman–Crippen LogP) is 2.02. The van der Waals surface area contributed by atoms with Gasteiger partial charge in [-0.25, -0.2) is 8.78 Å². The van der Waals surface area contributed by atoms with Crippen LogP contribution in [0.4, 0.5) is 8.78 Å². The van der Waals surface area contributed by atoms with E-state index >= 15 is 0 Å². The molecule has 0 unspecified atom stereocenters. The van der Waals surface area contributed by atoms with Gasteiger partial charge in [-0.3, -0.25) is 4.79 Å². The number of benzene rings is 1. The van der Waals surface area contributed by atoms with Gasteiger partial charge in [-0.2, -0.15) is 0 Å². The van der Waals surface area contributed by atoms with Gasteiger partial charge in [0.2, 0.25) is 0 Å². The topological polar surface area (TPSA) is 20.3 Å². The third-order valence-corrected chi connectivity index (χ3v) is 2.02. The fourth-order valence-electron chi connectivity index (χ4n) is 1.28. The number of rotatable bonds is 3. The van der Waals surface area contributed by atoms with Gasteiger partial charge in [0.25, 0.3) is 0 Å². The van der Waals surface area contributed by atoms with E-state index in [-0.39, 0.29) is 12.1 Å². The molecule has 1 aromatic rings. The normalized spacial score (nSPS) is 10.8. The monoisotopic (exact) mass is 213 g/mol. The summed E-state index contributed by atoms with van der Waals surface area (Å²) in [5.41, 5.74) is -0.165. The Balaban J connectivity index is 3.13. The molecule has 0 aliphatic heterocycles. The maximum Gasteiger partial charge on any atom is 0.182 e. The minimum absolute atomic E-state index is 0.00269. The van der Waals surface area contributed by atoms with Crippen molar-refractivity contribution in [1.29, 1.82) is 0 Å². The third kappa shape index (κ3) is 2.59. The summed E-state index contributed by atoms with van der Waals surface area (Å²) >= 11 is 0. The summed E-state index contributed by atoms with van der Waals surface area (Å²) in [6.07, 6.45) is 0. The average Bonchev–Trinajstić information content (AvgIpc) is 2.11. The summed E-state index contributed by atoms with van der Waals surface area (Å²) in [4.78, 5) is 13.1. The molecule has 15 heavy (non-hydrogen) atoms. The van der Waals surface area contributed by atoms with Crippen LogP contribution >= 0.6 is 0 Å². The lowest BCUT2D eigenvalue weighted by molar-refractivity contribution is 0.0949. The molecule has 0 heterocycles. The van der Waals surface area contributed by atoms with Gasteiger partial charge < -0.3 is 4.90 Å². The summed E-state index contributed by atoms with van der Waals surface area (Å²) in [6.45, 7) is 1.50. The number of Topliss-reactive ketones (excluding diaryl/α,β-unsaturated/α-hetero) is 1. The molecule has 0 aliphatic rings. The van der Waals surface area contributed by atoms with Crippen molar-refractivity contribution < 1.29 is 13.6 Å².